The highest BCUT2D eigenvalue weighted by molar-refractivity contribution is 14.1. The second kappa shape index (κ2) is 5.12. The van der Waals surface area contributed by atoms with Gasteiger partial charge in [0, 0.05) is 8.59 Å². The first-order valence-corrected chi connectivity index (χ1v) is 6.90. The van der Waals surface area contributed by atoms with Gasteiger partial charge in [0.25, 0.3) is 5.91 Å². The van der Waals surface area contributed by atoms with E-state index in [1.54, 1.807) is 12.1 Å². The summed E-state index contributed by atoms with van der Waals surface area (Å²) in [6.45, 7) is -0.00408. The third kappa shape index (κ3) is 2.74. The Morgan fingerprint density at radius 3 is 2.76 bits per heavy atom. The van der Waals surface area contributed by atoms with Crippen molar-refractivity contribution < 1.29 is 9.90 Å². The van der Waals surface area contributed by atoms with Gasteiger partial charge in [0.05, 0.1) is 17.7 Å². The van der Waals surface area contributed by atoms with Gasteiger partial charge in [0.1, 0.15) is 0 Å². The highest BCUT2D eigenvalue weighted by atomic mass is 127. The monoisotopic (exact) mass is 365 g/mol. The van der Waals surface area contributed by atoms with Crippen molar-refractivity contribution in [2.45, 2.75) is 24.8 Å². The van der Waals surface area contributed by atoms with Crippen LogP contribution in [0.5, 0.6) is 0 Å². The van der Waals surface area contributed by atoms with Gasteiger partial charge in [0.2, 0.25) is 0 Å². The summed E-state index contributed by atoms with van der Waals surface area (Å²) in [5.74, 6) is -0.161. The predicted octanol–water partition coefficient (Wildman–Crippen LogP) is 2.59. The van der Waals surface area contributed by atoms with Gasteiger partial charge in [-0.15, -0.1) is 0 Å². The number of halogens is 2. The number of carbonyl (C=O) groups is 1. The summed E-state index contributed by atoms with van der Waals surface area (Å²) in [6, 6.07) is 5.22. The number of hydrogen-bond acceptors (Lipinski definition) is 2. The van der Waals surface area contributed by atoms with Gasteiger partial charge in [-0.05, 0) is 60.1 Å². The zero-order valence-corrected chi connectivity index (χ0v) is 12.1. The molecule has 0 aromatic heterocycles. The standard InChI is InChI=1S/C12H13ClINO2/c13-8-2-3-10(14)9(6-8)11(17)15-12(7-16)4-1-5-12/h2-3,6,16H,1,4-5,7H2,(H,15,17). The van der Waals surface area contributed by atoms with Gasteiger partial charge in [-0.2, -0.15) is 0 Å². The summed E-state index contributed by atoms with van der Waals surface area (Å²) in [4.78, 5) is 12.1. The van der Waals surface area contributed by atoms with Crippen molar-refractivity contribution >= 4 is 40.1 Å². The van der Waals surface area contributed by atoms with Crippen molar-refractivity contribution in [3.8, 4) is 0 Å². The molecule has 0 atom stereocenters. The molecule has 3 nitrogen and oxygen atoms in total. The fraction of sp³-hybridized carbons (Fsp3) is 0.417. The van der Waals surface area contributed by atoms with Crippen LogP contribution in [0.15, 0.2) is 18.2 Å². The number of aliphatic hydroxyl groups is 1. The lowest BCUT2D eigenvalue weighted by atomic mass is 9.77. The second-order valence-electron chi connectivity index (χ2n) is 4.37. The molecule has 2 N–H and O–H groups in total. The van der Waals surface area contributed by atoms with Crippen LogP contribution in [-0.2, 0) is 0 Å². The molecule has 1 fully saturated rings. The summed E-state index contributed by atoms with van der Waals surface area (Å²) in [6.07, 6.45) is 2.73. The Morgan fingerprint density at radius 1 is 1.53 bits per heavy atom. The Bertz CT molecular complexity index is 441. The average molecular weight is 366 g/mol. The van der Waals surface area contributed by atoms with Crippen LogP contribution < -0.4 is 5.32 Å². The molecule has 0 radical (unpaired) electrons. The smallest absolute Gasteiger partial charge is 0.252 e. The average Bonchev–Trinajstić information content (AvgIpc) is 2.26. The zero-order valence-electron chi connectivity index (χ0n) is 9.17. The molecule has 17 heavy (non-hydrogen) atoms. The van der Waals surface area contributed by atoms with Gasteiger partial charge in [0.15, 0.2) is 0 Å². The van der Waals surface area contributed by atoms with E-state index in [1.807, 2.05) is 6.07 Å². The van der Waals surface area contributed by atoms with Crippen LogP contribution in [0, 0.1) is 3.57 Å². The predicted molar refractivity (Wildman–Crippen MR) is 75.3 cm³/mol. The summed E-state index contributed by atoms with van der Waals surface area (Å²) in [7, 11) is 0. The molecular weight excluding hydrogens is 352 g/mol. The fourth-order valence-corrected chi connectivity index (χ4v) is 2.66. The number of nitrogens with one attached hydrogen (secondary N) is 1. The normalized spacial score (nSPS) is 17.4. The summed E-state index contributed by atoms with van der Waals surface area (Å²) < 4.78 is 0.858. The van der Waals surface area contributed by atoms with E-state index >= 15 is 0 Å². The lowest BCUT2D eigenvalue weighted by Crippen LogP contribution is -2.56. The van der Waals surface area contributed by atoms with Crippen LogP contribution in [0.4, 0.5) is 0 Å². The van der Waals surface area contributed by atoms with E-state index in [2.05, 4.69) is 27.9 Å². The quantitative estimate of drug-likeness (QED) is 0.809. The van der Waals surface area contributed by atoms with Gasteiger partial charge < -0.3 is 10.4 Å². The lowest BCUT2D eigenvalue weighted by molar-refractivity contribution is 0.0641. The Labute approximate surface area is 119 Å². The fourth-order valence-electron chi connectivity index (χ4n) is 1.91. The number of aliphatic hydroxyl groups excluding tert-OH is 1. The van der Waals surface area contributed by atoms with Gasteiger partial charge in [-0.25, -0.2) is 0 Å². The van der Waals surface area contributed by atoms with Gasteiger partial charge in [-0.3, -0.25) is 4.79 Å². The molecule has 1 amide bonds. The van der Waals surface area contributed by atoms with Crippen molar-refractivity contribution in [3.05, 3.63) is 32.4 Å². The van der Waals surface area contributed by atoms with Crippen molar-refractivity contribution in [1.29, 1.82) is 0 Å². The van der Waals surface area contributed by atoms with Crippen molar-refractivity contribution in [2.75, 3.05) is 6.61 Å². The zero-order chi connectivity index (χ0) is 12.5. The molecule has 2 rings (SSSR count). The van der Waals surface area contributed by atoms with Gasteiger partial charge in [-0.1, -0.05) is 11.6 Å². The number of hydrogen-bond donors (Lipinski definition) is 2. The maximum Gasteiger partial charge on any atom is 0.252 e. The summed E-state index contributed by atoms with van der Waals surface area (Å²) >= 11 is 7.99. The van der Waals surface area contributed by atoms with E-state index in [4.69, 9.17) is 11.6 Å². The van der Waals surface area contributed by atoms with E-state index in [0.717, 1.165) is 22.8 Å². The first kappa shape index (κ1) is 13.1. The third-order valence-corrected chi connectivity index (χ3v) is 4.34. The molecule has 1 aliphatic carbocycles. The minimum absolute atomic E-state index is 0.00408. The van der Waals surface area contributed by atoms with Crippen LogP contribution in [0.3, 0.4) is 0 Å². The Kier molecular flexibility index (Phi) is 3.95. The van der Waals surface area contributed by atoms with Crippen LogP contribution in [0.25, 0.3) is 0 Å². The number of rotatable bonds is 3. The van der Waals surface area contributed by atoms with Gasteiger partial charge >= 0.3 is 0 Å². The second-order valence-corrected chi connectivity index (χ2v) is 5.97. The molecule has 1 aromatic rings. The maximum absolute atomic E-state index is 12.1. The van der Waals surface area contributed by atoms with Crippen molar-refractivity contribution in [1.82, 2.24) is 5.32 Å². The van der Waals surface area contributed by atoms with E-state index in [9.17, 15) is 9.90 Å². The molecule has 0 unspecified atom stereocenters. The van der Waals surface area contributed by atoms with Crippen molar-refractivity contribution in [2.24, 2.45) is 0 Å². The molecule has 0 saturated heterocycles. The molecule has 0 spiro atoms. The van der Waals surface area contributed by atoms with Crippen LogP contribution in [0.1, 0.15) is 29.6 Å². The van der Waals surface area contributed by atoms with E-state index in [1.165, 1.54) is 0 Å². The van der Waals surface area contributed by atoms with Crippen LogP contribution >= 0.6 is 34.2 Å². The number of amides is 1. The largest absolute Gasteiger partial charge is 0.394 e. The molecule has 1 aliphatic rings. The minimum Gasteiger partial charge on any atom is -0.394 e. The van der Waals surface area contributed by atoms with E-state index < -0.39 is 5.54 Å². The minimum atomic E-state index is -0.414. The highest BCUT2D eigenvalue weighted by Crippen LogP contribution is 2.31. The summed E-state index contributed by atoms with van der Waals surface area (Å²) in [5, 5.41) is 12.8. The maximum atomic E-state index is 12.1. The topological polar surface area (TPSA) is 49.3 Å². The lowest BCUT2D eigenvalue weighted by Gasteiger charge is -2.41. The first-order valence-electron chi connectivity index (χ1n) is 5.45. The Morgan fingerprint density at radius 2 is 2.24 bits per heavy atom. The Balaban J connectivity index is 2.17. The molecule has 1 aromatic carbocycles. The molecule has 1 saturated carbocycles. The van der Waals surface area contributed by atoms with E-state index in [-0.39, 0.29) is 12.5 Å². The Hall–Kier alpha value is -0.330. The first-order chi connectivity index (χ1) is 8.06. The molecular formula is C12H13ClINO2. The third-order valence-electron chi connectivity index (χ3n) is 3.17. The molecule has 0 heterocycles. The van der Waals surface area contributed by atoms with Crippen LogP contribution in [0.2, 0.25) is 5.02 Å². The SMILES string of the molecule is O=C(NC1(CO)CCC1)c1cc(Cl)ccc1I. The molecule has 5 heteroatoms. The summed E-state index contributed by atoms with van der Waals surface area (Å²) in [5.41, 5.74) is 0.153. The molecule has 92 valence electrons. The molecule has 0 aliphatic heterocycles. The number of benzene rings is 1. The number of carbonyl (C=O) groups excluding carboxylic acids is 1. The highest BCUT2D eigenvalue weighted by Gasteiger charge is 2.38. The van der Waals surface area contributed by atoms with Crippen LogP contribution in [-0.4, -0.2) is 23.2 Å². The van der Waals surface area contributed by atoms with E-state index in [0.29, 0.717) is 10.6 Å². The van der Waals surface area contributed by atoms with Crippen molar-refractivity contribution in [3.63, 3.8) is 0 Å². The molecule has 0 bridgehead atoms.